The highest BCUT2D eigenvalue weighted by atomic mass is 16.1. The van der Waals surface area contributed by atoms with Crippen molar-refractivity contribution in [3.8, 4) is 11.1 Å². The number of carbonyl (C=O) groups is 1. The van der Waals surface area contributed by atoms with E-state index in [-0.39, 0.29) is 0 Å². The fourth-order valence-electron chi connectivity index (χ4n) is 2.50. The van der Waals surface area contributed by atoms with Crippen molar-refractivity contribution in [1.29, 1.82) is 0 Å². The number of aromatic nitrogens is 1. The molecule has 0 aliphatic carbocycles. The number of pyridine rings is 1. The predicted molar refractivity (Wildman–Crippen MR) is 78.3 cm³/mol. The lowest BCUT2D eigenvalue weighted by molar-refractivity contribution is -0.107. The van der Waals surface area contributed by atoms with Crippen LogP contribution in [-0.2, 0) is 11.2 Å². The Labute approximate surface area is 114 Å². The van der Waals surface area contributed by atoms with Gasteiger partial charge in [0.1, 0.15) is 6.29 Å². The Balaban J connectivity index is 2.65. The van der Waals surface area contributed by atoms with Crippen LogP contribution in [0.5, 0.6) is 0 Å². The summed E-state index contributed by atoms with van der Waals surface area (Å²) in [4.78, 5) is 15.3. The van der Waals surface area contributed by atoms with Gasteiger partial charge in [-0.1, -0.05) is 30.3 Å². The molecule has 0 fully saturated rings. The minimum absolute atomic E-state index is 0.546. The van der Waals surface area contributed by atoms with Gasteiger partial charge in [0.25, 0.3) is 0 Å². The van der Waals surface area contributed by atoms with Gasteiger partial charge in [0.2, 0.25) is 0 Å². The zero-order valence-electron chi connectivity index (χ0n) is 11.7. The lowest BCUT2D eigenvalue weighted by Gasteiger charge is -2.16. The smallest absolute Gasteiger partial charge is 0.120 e. The quantitative estimate of drug-likeness (QED) is 0.776. The highest BCUT2D eigenvalue weighted by Crippen LogP contribution is 2.31. The molecule has 2 heteroatoms. The molecule has 0 saturated heterocycles. The van der Waals surface area contributed by atoms with Crippen LogP contribution in [0.1, 0.15) is 28.9 Å². The largest absolute Gasteiger partial charge is 0.303 e. The van der Waals surface area contributed by atoms with Crippen molar-refractivity contribution >= 4 is 6.29 Å². The number of carbonyl (C=O) groups excluding carboxylic acids is 1. The molecule has 98 valence electrons. The number of benzene rings is 1. The van der Waals surface area contributed by atoms with Crippen LogP contribution >= 0.6 is 0 Å². The summed E-state index contributed by atoms with van der Waals surface area (Å²) in [6, 6.07) is 10.3. The molecule has 1 aromatic heterocycles. The first-order valence-corrected chi connectivity index (χ1v) is 6.61. The number of hydrogen-bond donors (Lipinski definition) is 0. The van der Waals surface area contributed by atoms with E-state index in [1.54, 1.807) is 0 Å². The monoisotopic (exact) mass is 253 g/mol. The Morgan fingerprint density at radius 2 is 1.74 bits per heavy atom. The van der Waals surface area contributed by atoms with Gasteiger partial charge in [-0.05, 0) is 49.4 Å². The maximum absolute atomic E-state index is 10.7. The minimum Gasteiger partial charge on any atom is -0.303 e. The molecule has 0 bridgehead atoms. The fourth-order valence-corrected chi connectivity index (χ4v) is 2.50. The topological polar surface area (TPSA) is 30.0 Å². The van der Waals surface area contributed by atoms with Gasteiger partial charge in [-0.3, -0.25) is 4.98 Å². The average molecular weight is 253 g/mol. The predicted octanol–water partition coefficient (Wildman–Crippen LogP) is 3.81. The summed E-state index contributed by atoms with van der Waals surface area (Å²) < 4.78 is 0. The molecule has 2 aromatic rings. The zero-order chi connectivity index (χ0) is 13.8. The lowest BCUT2D eigenvalue weighted by Crippen LogP contribution is -2.03. The molecule has 0 atom stereocenters. The molecule has 0 N–H and O–H groups in total. The average Bonchev–Trinajstić information content (AvgIpc) is 2.42. The van der Waals surface area contributed by atoms with Gasteiger partial charge in [-0.15, -0.1) is 0 Å². The van der Waals surface area contributed by atoms with Crippen molar-refractivity contribution in [2.45, 2.75) is 33.6 Å². The molecular weight excluding hydrogens is 234 g/mol. The molecule has 0 aliphatic heterocycles. The third-order valence-corrected chi connectivity index (χ3v) is 3.57. The summed E-state index contributed by atoms with van der Waals surface area (Å²) >= 11 is 0. The van der Waals surface area contributed by atoms with Crippen LogP contribution in [0.25, 0.3) is 11.1 Å². The third kappa shape index (κ3) is 2.73. The minimum atomic E-state index is 0.546. The van der Waals surface area contributed by atoms with Crippen molar-refractivity contribution in [1.82, 2.24) is 4.98 Å². The molecule has 1 heterocycles. The summed E-state index contributed by atoms with van der Waals surface area (Å²) in [5.41, 5.74) is 6.94. The van der Waals surface area contributed by atoms with Crippen LogP contribution in [-0.4, -0.2) is 11.3 Å². The zero-order valence-corrected chi connectivity index (χ0v) is 11.7. The van der Waals surface area contributed by atoms with Gasteiger partial charge in [-0.25, -0.2) is 0 Å². The molecule has 0 unspecified atom stereocenters. The van der Waals surface area contributed by atoms with Gasteiger partial charge >= 0.3 is 0 Å². The number of aldehydes is 1. The highest BCUT2D eigenvalue weighted by molar-refractivity contribution is 5.72. The standard InChI is InChI=1S/C17H19NO/c1-12-13(2)18-14(3)16(10-7-11-19)17(12)15-8-5-4-6-9-15/h4-6,8-9,11H,7,10H2,1-3H3. The molecular formula is C17H19NO. The molecule has 0 spiro atoms. The summed E-state index contributed by atoms with van der Waals surface area (Å²) in [7, 11) is 0. The van der Waals surface area contributed by atoms with Crippen LogP contribution in [0.15, 0.2) is 30.3 Å². The Kier molecular flexibility index (Phi) is 4.10. The molecule has 19 heavy (non-hydrogen) atoms. The second-order valence-corrected chi connectivity index (χ2v) is 4.83. The molecule has 0 saturated carbocycles. The van der Waals surface area contributed by atoms with Crippen LogP contribution in [0.3, 0.4) is 0 Å². The Bertz CT molecular complexity index is 588. The number of rotatable bonds is 4. The van der Waals surface area contributed by atoms with Crippen molar-refractivity contribution in [2.75, 3.05) is 0 Å². The van der Waals surface area contributed by atoms with Crippen molar-refractivity contribution < 1.29 is 4.79 Å². The first-order valence-electron chi connectivity index (χ1n) is 6.61. The van der Waals surface area contributed by atoms with E-state index in [1.807, 2.05) is 32.0 Å². The highest BCUT2D eigenvalue weighted by Gasteiger charge is 2.14. The van der Waals surface area contributed by atoms with Gasteiger partial charge in [0.05, 0.1) is 0 Å². The van der Waals surface area contributed by atoms with Crippen molar-refractivity contribution in [3.63, 3.8) is 0 Å². The van der Waals surface area contributed by atoms with E-state index in [0.29, 0.717) is 6.42 Å². The molecule has 0 aliphatic rings. The summed E-state index contributed by atoms with van der Waals surface area (Å²) in [6.07, 6.45) is 2.28. The summed E-state index contributed by atoms with van der Waals surface area (Å²) in [5.74, 6) is 0. The van der Waals surface area contributed by atoms with E-state index in [1.165, 1.54) is 22.3 Å². The van der Waals surface area contributed by atoms with Crippen LogP contribution in [0, 0.1) is 20.8 Å². The first-order chi connectivity index (χ1) is 9.15. The molecule has 0 amide bonds. The van der Waals surface area contributed by atoms with Crippen molar-refractivity contribution in [3.05, 3.63) is 52.8 Å². The summed E-state index contributed by atoms with van der Waals surface area (Å²) in [6.45, 7) is 6.17. The molecule has 2 rings (SSSR count). The van der Waals surface area contributed by atoms with E-state index >= 15 is 0 Å². The number of hydrogen-bond acceptors (Lipinski definition) is 2. The van der Waals surface area contributed by atoms with Crippen LogP contribution in [0.4, 0.5) is 0 Å². The van der Waals surface area contributed by atoms with E-state index in [0.717, 1.165) is 24.1 Å². The van der Waals surface area contributed by atoms with E-state index in [4.69, 9.17) is 0 Å². The number of aryl methyl sites for hydroxylation is 2. The second kappa shape index (κ2) is 5.79. The fraction of sp³-hybridized carbons (Fsp3) is 0.294. The second-order valence-electron chi connectivity index (χ2n) is 4.83. The maximum atomic E-state index is 10.7. The lowest BCUT2D eigenvalue weighted by atomic mass is 9.91. The number of nitrogens with zero attached hydrogens (tertiary/aromatic N) is 1. The molecule has 2 nitrogen and oxygen atoms in total. The maximum Gasteiger partial charge on any atom is 0.120 e. The van der Waals surface area contributed by atoms with E-state index in [2.05, 4.69) is 24.0 Å². The third-order valence-electron chi connectivity index (χ3n) is 3.57. The Hall–Kier alpha value is -1.96. The van der Waals surface area contributed by atoms with Gasteiger partial charge < -0.3 is 4.79 Å². The Morgan fingerprint density at radius 3 is 2.37 bits per heavy atom. The first kappa shape index (κ1) is 13.5. The van der Waals surface area contributed by atoms with Crippen LogP contribution in [0.2, 0.25) is 0 Å². The van der Waals surface area contributed by atoms with Crippen LogP contribution < -0.4 is 0 Å². The van der Waals surface area contributed by atoms with Gasteiger partial charge in [-0.2, -0.15) is 0 Å². The van der Waals surface area contributed by atoms with Crippen molar-refractivity contribution in [2.24, 2.45) is 0 Å². The van der Waals surface area contributed by atoms with Gasteiger partial charge in [0, 0.05) is 17.8 Å². The van der Waals surface area contributed by atoms with E-state index in [9.17, 15) is 4.79 Å². The molecule has 0 radical (unpaired) electrons. The van der Waals surface area contributed by atoms with E-state index < -0.39 is 0 Å². The SMILES string of the molecule is Cc1nc(C)c(CCC=O)c(-c2ccccc2)c1C. The Morgan fingerprint density at radius 1 is 1.05 bits per heavy atom. The van der Waals surface area contributed by atoms with Gasteiger partial charge in [0.15, 0.2) is 0 Å². The molecule has 1 aromatic carbocycles. The normalized spacial score (nSPS) is 10.5. The summed E-state index contributed by atoms with van der Waals surface area (Å²) in [5, 5.41) is 0.